The molecule has 0 N–H and O–H groups in total. The SMILES string of the molecule is CC/C=C\C/C=C\C/C=C\C/C=C\C/C=C\CCC(=O)OCC(COC(=O)CCCCCCCCCCCCCC)OC(=O)CC/C=C\C/C=C\CCCCCCCC. The molecule has 6 heteroatoms. The Kier molecular flexibility index (Phi) is 44.5. The predicted molar refractivity (Wildman–Crippen MR) is 251 cm³/mol. The number of carbonyl (C=O) groups is 3. The number of hydrogen-bond donors (Lipinski definition) is 0. The lowest BCUT2D eigenvalue weighted by Gasteiger charge is -2.18. The monoisotopic (exact) mass is 821 g/mol. The van der Waals surface area contributed by atoms with Crippen LogP contribution in [-0.4, -0.2) is 37.2 Å². The third-order valence-corrected chi connectivity index (χ3v) is 9.91. The van der Waals surface area contributed by atoms with Crippen LogP contribution in [0, 0.1) is 0 Å². The van der Waals surface area contributed by atoms with Crippen molar-refractivity contribution < 1.29 is 28.6 Å². The highest BCUT2D eigenvalue weighted by molar-refractivity contribution is 5.71. The van der Waals surface area contributed by atoms with Crippen LogP contribution in [0.5, 0.6) is 0 Å². The van der Waals surface area contributed by atoms with Gasteiger partial charge in [-0.25, -0.2) is 0 Å². The second-order valence-electron chi connectivity index (χ2n) is 15.6. The zero-order valence-corrected chi connectivity index (χ0v) is 38.2. The van der Waals surface area contributed by atoms with E-state index in [1.54, 1.807) is 0 Å². The number of rotatable bonds is 42. The van der Waals surface area contributed by atoms with Gasteiger partial charge in [0.25, 0.3) is 0 Å². The molecule has 0 amide bonds. The predicted octanol–water partition coefficient (Wildman–Crippen LogP) is 15.6. The summed E-state index contributed by atoms with van der Waals surface area (Å²) in [4.78, 5) is 37.8. The number of ether oxygens (including phenoxy) is 3. The topological polar surface area (TPSA) is 78.9 Å². The van der Waals surface area contributed by atoms with Crippen LogP contribution in [0.2, 0.25) is 0 Å². The van der Waals surface area contributed by atoms with Gasteiger partial charge in [-0.2, -0.15) is 0 Å². The standard InChI is InChI=1S/C53H88O6/c1-4-7-10-13-16-19-22-25-26-27-29-31-34-37-40-43-46-52(55)58-49-50(48-57-51(54)45-42-39-36-33-30-24-21-18-15-12-9-6-3)59-53(56)47-44-41-38-35-32-28-23-20-17-14-11-8-5-2/h7,10,16,19,25-26,28-29,31-32,37-38,40-41,50H,4-6,8-9,11-15,17-18,20-24,27,30,33-36,39,42-49H2,1-3H3/b10-7-,19-16-,26-25-,31-29-,32-28-,40-37-,41-38-. The number of hydrogen-bond acceptors (Lipinski definition) is 6. The molecular weight excluding hydrogens is 733 g/mol. The van der Waals surface area contributed by atoms with Crippen LogP contribution in [0.3, 0.4) is 0 Å². The van der Waals surface area contributed by atoms with Crippen molar-refractivity contribution >= 4 is 17.9 Å². The van der Waals surface area contributed by atoms with Crippen molar-refractivity contribution in [3.8, 4) is 0 Å². The van der Waals surface area contributed by atoms with E-state index in [2.05, 4.69) is 87.6 Å². The summed E-state index contributed by atoms with van der Waals surface area (Å²) in [5, 5.41) is 0. The molecule has 0 fully saturated rings. The zero-order chi connectivity index (χ0) is 43.0. The minimum Gasteiger partial charge on any atom is -0.462 e. The molecule has 0 saturated carbocycles. The van der Waals surface area contributed by atoms with Gasteiger partial charge in [-0.1, -0.05) is 209 Å². The van der Waals surface area contributed by atoms with E-state index in [0.717, 1.165) is 64.2 Å². The molecule has 0 aromatic rings. The van der Waals surface area contributed by atoms with Gasteiger partial charge in [-0.3, -0.25) is 14.4 Å². The molecule has 1 atom stereocenters. The Labute approximate surface area is 363 Å². The molecule has 0 bridgehead atoms. The highest BCUT2D eigenvalue weighted by Crippen LogP contribution is 2.13. The molecule has 0 aromatic carbocycles. The summed E-state index contributed by atoms with van der Waals surface area (Å²) < 4.78 is 16.6. The highest BCUT2D eigenvalue weighted by Gasteiger charge is 2.19. The van der Waals surface area contributed by atoms with Gasteiger partial charge in [0.2, 0.25) is 0 Å². The van der Waals surface area contributed by atoms with E-state index in [4.69, 9.17) is 14.2 Å². The lowest BCUT2D eigenvalue weighted by Crippen LogP contribution is -2.30. The van der Waals surface area contributed by atoms with Gasteiger partial charge in [0, 0.05) is 19.3 Å². The van der Waals surface area contributed by atoms with Crippen LogP contribution in [0.15, 0.2) is 85.1 Å². The first-order valence-electron chi connectivity index (χ1n) is 24.1. The van der Waals surface area contributed by atoms with E-state index < -0.39 is 12.1 Å². The van der Waals surface area contributed by atoms with E-state index in [1.165, 1.54) is 96.3 Å². The van der Waals surface area contributed by atoms with Gasteiger partial charge >= 0.3 is 17.9 Å². The largest absolute Gasteiger partial charge is 0.462 e. The molecule has 0 spiro atoms. The van der Waals surface area contributed by atoms with Gasteiger partial charge in [-0.05, 0) is 70.6 Å². The summed E-state index contributed by atoms with van der Waals surface area (Å²) in [5.41, 5.74) is 0. The third kappa shape index (κ3) is 45.5. The van der Waals surface area contributed by atoms with Gasteiger partial charge in [-0.15, -0.1) is 0 Å². The molecule has 1 unspecified atom stereocenters. The molecule has 0 aromatic heterocycles. The maximum absolute atomic E-state index is 12.7. The first-order valence-corrected chi connectivity index (χ1v) is 24.1. The van der Waals surface area contributed by atoms with Crippen molar-refractivity contribution in [2.75, 3.05) is 13.2 Å². The van der Waals surface area contributed by atoms with Crippen LogP contribution in [0.4, 0.5) is 0 Å². The smallest absolute Gasteiger partial charge is 0.306 e. The van der Waals surface area contributed by atoms with E-state index in [1.807, 2.05) is 18.2 Å². The Morgan fingerprint density at radius 1 is 0.356 bits per heavy atom. The number of allylic oxidation sites excluding steroid dienone is 14. The average molecular weight is 821 g/mol. The molecule has 0 aliphatic carbocycles. The summed E-state index contributed by atoms with van der Waals surface area (Å²) in [7, 11) is 0. The Balaban J connectivity index is 4.56. The molecule has 0 aliphatic rings. The minimum atomic E-state index is -0.833. The Morgan fingerprint density at radius 2 is 0.695 bits per heavy atom. The molecular formula is C53H88O6. The van der Waals surface area contributed by atoms with E-state index in [9.17, 15) is 14.4 Å². The van der Waals surface area contributed by atoms with Crippen LogP contribution in [0.1, 0.15) is 213 Å². The number of carbonyl (C=O) groups excluding carboxylic acids is 3. The van der Waals surface area contributed by atoms with E-state index >= 15 is 0 Å². The van der Waals surface area contributed by atoms with Gasteiger partial charge in [0.05, 0.1) is 0 Å². The van der Waals surface area contributed by atoms with E-state index in [0.29, 0.717) is 19.3 Å². The fourth-order valence-electron chi connectivity index (χ4n) is 6.31. The van der Waals surface area contributed by atoms with Gasteiger partial charge < -0.3 is 14.2 Å². The second-order valence-corrected chi connectivity index (χ2v) is 15.6. The molecule has 0 heterocycles. The van der Waals surface area contributed by atoms with Crippen LogP contribution in [-0.2, 0) is 28.6 Å². The lowest BCUT2D eigenvalue weighted by atomic mass is 10.0. The third-order valence-electron chi connectivity index (χ3n) is 9.91. The number of unbranched alkanes of at least 4 members (excludes halogenated alkanes) is 17. The fraction of sp³-hybridized carbons (Fsp3) is 0.679. The fourth-order valence-corrected chi connectivity index (χ4v) is 6.31. The van der Waals surface area contributed by atoms with Gasteiger partial charge in [0.15, 0.2) is 6.10 Å². The normalized spacial score (nSPS) is 12.8. The molecule has 336 valence electrons. The second kappa shape index (κ2) is 47.3. The summed E-state index contributed by atoms with van der Waals surface area (Å²) in [6.45, 7) is 6.38. The maximum Gasteiger partial charge on any atom is 0.306 e. The summed E-state index contributed by atoms with van der Waals surface area (Å²) in [6.07, 6.45) is 60.2. The average Bonchev–Trinajstić information content (AvgIpc) is 3.23. The van der Waals surface area contributed by atoms with E-state index in [-0.39, 0.29) is 38.0 Å². The Bertz CT molecular complexity index is 1170. The summed E-state index contributed by atoms with van der Waals surface area (Å²) in [6, 6.07) is 0. The molecule has 6 nitrogen and oxygen atoms in total. The lowest BCUT2D eigenvalue weighted by molar-refractivity contribution is -0.166. The van der Waals surface area contributed by atoms with Crippen molar-refractivity contribution in [2.24, 2.45) is 0 Å². The van der Waals surface area contributed by atoms with Crippen molar-refractivity contribution in [3.63, 3.8) is 0 Å². The summed E-state index contributed by atoms with van der Waals surface area (Å²) in [5.74, 6) is -1.08. The number of esters is 3. The maximum atomic E-state index is 12.7. The molecule has 0 saturated heterocycles. The Hall–Kier alpha value is -3.41. The molecule has 0 aliphatic heterocycles. The molecule has 0 radical (unpaired) electrons. The van der Waals surface area contributed by atoms with Crippen molar-refractivity contribution in [3.05, 3.63) is 85.1 Å². The van der Waals surface area contributed by atoms with Crippen LogP contribution in [0.25, 0.3) is 0 Å². The van der Waals surface area contributed by atoms with Crippen LogP contribution < -0.4 is 0 Å². The van der Waals surface area contributed by atoms with Crippen molar-refractivity contribution in [1.82, 2.24) is 0 Å². The van der Waals surface area contributed by atoms with Crippen molar-refractivity contribution in [1.29, 1.82) is 0 Å². The summed E-state index contributed by atoms with van der Waals surface area (Å²) >= 11 is 0. The van der Waals surface area contributed by atoms with Gasteiger partial charge in [0.1, 0.15) is 13.2 Å². The zero-order valence-electron chi connectivity index (χ0n) is 38.2. The van der Waals surface area contributed by atoms with Crippen molar-refractivity contribution in [2.45, 2.75) is 219 Å². The van der Waals surface area contributed by atoms with Crippen LogP contribution >= 0.6 is 0 Å². The minimum absolute atomic E-state index is 0.121. The highest BCUT2D eigenvalue weighted by atomic mass is 16.6. The Morgan fingerprint density at radius 3 is 1.14 bits per heavy atom. The molecule has 59 heavy (non-hydrogen) atoms. The first-order chi connectivity index (χ1) is 29.0. The molecule has 0 rings (SSSR count). The quantitative estimate of drug-likeness (QED) is 0.0264. The first kappa shape index (κ1) is 55.6.